The Morgan fingerprint density at radius 3 is 2.41 bits per heavy atom. The summed E-state index contributed by atoms with van der Waals surface area (Å²) < 4.78 is 10.6. The van der Waals surface area contributed by atoms with Crippen LogP contribution in [0.1, 0.15) is 39.1 Å². The molecule has 2 amide bonds. The molecule has 1 aliphatic heterocycles. The van der Waals surface area contributed by atoms with Crippen molar-refractivity contribution in [3.63, 3.8) is 0 Å². The van der Waals surface area contributed by atoms with Gasteiger partial charge in [-0.3, -0.25) is 19.3 Å². The molecule has 0 spiro atoms. The standard InChI is InChI=1S/C22H18N2O5/c1-28-19-14-15(6-4-12-23)10-11-18(19)29-20(25)9-5-13-24-21(26)16-7-2-3-8-17(16)22(24)27/h2-4,6-8,10-11,14H,5,9,13H2,1H3/b6-4-. The highest BCUT2D eigenvalue weighted by Crippen LogP contribution is 2.29. The summed E-state index contributed by atoms with van der Waals surface area (Å²) in [4.78, 5) is 37.9. The lowest BCUT2D eigenvalue weighted by Crippen LogP contribution is -2.31. The van der Waals surface area contributed by atoms with E-state index in [1.54, 1.807) is 48.5 Å². The summed E-state index contributed by atoms with van der Waals surface area (Å²) >= 11 is 0. The topological polar surface area (TPSA) is 96.7 Å². The lowest BCUT2D eigenvalue weighted by molar-refractivity contribution is -0.134. The average molecular weight is 390 g/mol. The van der Waals surface area contributed by atoms with Crippen molar-refractivity contribution in [2.24, 2.45) is 0 Å². The van der Waals surface area contributed by atoms with Crippen LogP contribution in [0.25, 0.3) is 6.08 Å². The third kappa shape index (κ3) is 4.33. The van der Waals surface area contributed by atoms with Crippen LogP contribution in [-0.2, 0) is 4.79 Å². The summed E-state index contributed by atoms with van der Waals surface area (Å²) in [6, 6.07) is 13.5. The first-order valence-corrected chi connectivity index (χ1v) is 8.95. The Morgan fingerprint density at radius 1 is 1.10 bits per heavy atom. The van der Waals surface area contributed by atoms with Gasteiger partial charge in [-0.15, -0.1) is 0 Å². The minimum absolute atomic E-state index is 0.0344. The Hall–Kier alpha value is -3.92. The number of hydrogen-bond donors (Lipinski definition) is 0. The van der Waals surface area contributed by atoms with Crippen molar-refractivity contribution in [3.05, 3.63) is 65.2 Å². The summed E-state index contributed by atoms with van der Waals surface area (Å²) in [7, 11) is 1.45. The number of nitrogens with zero attached hydrogens (tertiary/aromatic N) is 2. The van der Waals surface area contributed by atoms with Gasteiger partial charge in [0.05, 0.1) is 24.3 Å². The average Bonchev–Trinajstić information content (AvgIpc) is 2.98. The molecule has 0 aromatic heterocycles. The molecule has 7 heteroatoms. The maximum atomic E-state index is 12.3. The maximum Gasteiger partial charge on any atom is 0.311 e. The first-order valence-electron chi connectivity index (χ1n) is 8.95. The van der Waals surface area contributed by atoms with Gasteiger partial charge in [-0.1, -0.05) is 18.2 Å². The lowest BCUT2D eigenvalue weighted by atomic mass is 10.1. The number of benzene rings is 2. The maximum absolute atomic E-state index is 12.3. The van der Waals surface area contributed by atoms with Crippen LogP contribution in [0.4, 0.5) is 0 Å². The molecule has 7 nitrogen and oxygen atoms in total. The molecular weight excluding hydrogens is 372 g/mol. The molecule has 0 N–H and O–H groups in total. The van der Waals surface area contributed by atoms with E-state index in [1.807, 2.05) is 6.07 Å². The summed E-state index contributed by atoms with van der Waals surface area (Å²) in [5, 5.41) is 8.59. The fourth-order valence-corrected chi connectivity index (χ4v) is 3.00. The Morgan fingerprint density at radius 2 is 1.79 bits per heavy atom. The first kappa shape index (κ1) is 19.8. The van der Waals surface area contributed by atoms with Crippen molar-refractivity contribution in [2.45, 2.75) is 12.8 Å². The van der Waals surface area contributed by atoms with E-state index in [1.165, 1.54) is 13.2 Å². The van der Waals surface area contributed by atoms with Crippen LogP contribution in [0.15, 0.2) is 48.5 Å². The quantitative estimate of drug-likeness (QED) is 0.312. The van der Waals surface area contributed by atoms with Crippen LogP contribution in [0.5, 0.6) is 11.5 Å². The van der Waals surface area contributed by atoms with Crippen molar-refractivity contribution < 1.29 is 23.9 Å². The van der Waals surface area contributed by atoms with E-state index in [2.05, 4.69) is 0 Å². The highest BCUT2D eigenvalue weighted by Gasteiger charge is 2.34. The van der Waals surface area contributed by atoms with Crippen molar-refractivity contribution in [2.75, 3.05) is 13.7 Å². The molecule has 0 aliphatic carbocycles. The molecule has 0 fully saturated rings. The highest BCUT2D eigenvalue weighted by molar-refractivity contribution is 6.21. The molecule has 29 heavy (non-hydrogen) atoms. The third-order valence-electron chi connectivity index (χ3n) is 4.40. The Kier molecular flexibility index (Phi) is 6.05. The molecule has 0 saturated carbocycles. The van der Waals surface area contributed by atoms with Crippen LogP contribution in [0, 0.1) is 11.3 Å². The number of amides is 2. The van der Waals surface area contributed by atoms with E-state index in [9.17, 15) is 14.4 Å². The number of allylic oxidation sites excluding steroid dienone is 1. The molecule has 2 aromatic carbocycles. The van der Waals surface area contributed by atoms with Gasteiger partial charge in [0.2, 0.25) is 0 Å². The van der Waals surface area contributed by atoms with E-state index in [4.69, 9.17) is 14.7 Å². The monoisotopic (exact) mass is 390 g/mol. The van der Waals surface area contributed by atoms with Crippen LogP contribution < -0.4 is 9.47 Å². The normalized spacial score (nSPS) is 12.8. The third-order valence-corrected chi connectivity index (χ3v) is 4.40. The number of nitriles is 1. The van der Waals surface area contributed by atoms with Gasteiger partial charge in [-0.25, -0.2) is 0 Å². The predicted molar refractivity (Wildman–Crippen MR) is 104 cm³/mol. The molecule has 0 radical (unpaired) electrons. The van der Waals surface area contributed by atoms with Crippen LogP contribution in [0.2, 0.25) is 0 Å². The van der Waals surface area contributed by atoms with Crippen molar-refractivity contribution in [3.8, 4) is 17.6 Å². The number of carbonyl (C=O) groups is 3. The molecule has 0 bridgehead atoms. The van der Waals surface area contributed by atoms with Gasteiger partial charge in [0.15, 0.2) is 11.5 Å². The van der Waals surface area contributed by atoms with E-state index in [0.717, 1.165) is 10.5 Å². The van der Waals surface area contributed by atoms with Crippen molar-refractivity contribution in [1.82, 2.24) is 4.90 Å². The SMILES string of the molecule is COc1cc(/C=C\C#N)ccc1OC(=O)CCCN1C(=O)c2ccccc2C1=O. The van der Waals surface area contributed by atoms with Crippen LogP contribution >= 0.6 is 0 Å². The van der Waals surface area contributed by atoms with Gasteiger partial charge in [-0.05, 0) is 42.3 Å². The van der Waals surface area contributed by atoms with Crippen molar-refractivity contribution >= 4 is 23.9 Å². The summed E-state index contributed by atoms with van der Waals surface area (Å²) in [5.74, 6) is -0.574. The molecule has 0 saturated heterocycles. The van der Waals surface area contributed by atoms with E-state index in [-0.39, 0.29) is 37.0 Å². The zero-order valence-corrected chi connectivity index (χ0v) is 15.8. The fourth-order valence-electron chi connectivity index (χ4n) is 3.00. The number of carbonyl (C=O) groups excluding carboxylic acids is 3. The molecule has 1 heterocycles. The largest absolute Gasteiger partial charge is 0.493 e. The van der Waals surface area contributed by atoms with Gasteiger partial charge in [0, 0.05) is 19.0 Å². The lowest BCUT2D eigenvalue weighted by Gasteiger charge is -2.13. The smallest absolute Gasteiger partial charge is 0.311 e. The zero-order valence-electron chi connectivity index (χ0n) is 15.8. The second-order valence-electron chi connectivity index (χ2n) is 6.26. The number of ether oxygens (including phenoxy) is 2. The molecule has 0 atom stereocenters. The van der Waals surface area contributed by atoms with E-state index in [0.29, 0.717) is 16.9 Å². The van der Waals surface area contributed by atoms with Crippen LogP contribution in [0.3, 0.4) is 0 Å². The number of esters is 1. The van der Waals surface area contributed by atoms with Gasteiger partial charge < -0.3 is 9.47 Å². The van der Waals surface area contributed by atoms with Crippen LogP contribution in [-0.4, -0.2) is 36.3 Å². The van der Waals surface area contributed by atoms with Crippen molar-refractivity contribution in [1.29, 1.82) is 5.26 Å². The number of hydrogen-bond acceptors (Lipinski definition) is 6. The summed E-state index contributed by atoms with van der Waals surface area (Å²) in [6.45, 7) is 0.135. The minimum Gasteiger partial charge on any atom is -0.493 e. The first-order chi connectivity index (χ1) is 14.0. The van der Waals surface area contributed by atoms with Gasteiger partial charge in [-0.2, -0.15) is 5.26 Å². The van der Waals surface area contributed by atoms with E-state index >= 15 is 0 Å². The van der Waals surface area contributed by atoms with Gasteiger partial charge in [0.25, 0.3) is 11.8 Å². The van der Waals surface area contributed by atoms with E-state index < -0.39 is 5.97 Å². The summed E-state index contributed by atoms with van der Waals surface area (Å²) in [6.07, 6.45) is 3.26. The molecule has 3 rings (SSSR count). The second kappa shape index (κ2) is 8.85. The fraction of sp³-hybridized carbons (Fsp3) is 0.182. The molecule has 2 aromatic rings. The number of rotatable bonds is 7. The van der Waals surface area contributed by atoms with Gasteiger partial charge >= 0.3 is 5.97 Å². The molecule has 1 aliphatic rings. The zero-order chi connectivity index (χ0) is 20.8. The Bertz CT molecular complexity index is 1000. The Labute approximate surface area is 167 Å². The second-order valence-corrected chi connectivity index (χ2v) is 6.26. The van der Waals surface area contributed by atoms with Gasteiger partial charge in [0.1, 0.15) is 0 Å². The minimum atomic E-state index is -0.500. The Balaban J connectivity index is 1.56. The molecule has 146 valence electrons. The highest BCUT2D eigenvalue weighted by atomic mass is 16.6. The predicted octanol–water partition coefficient (Wildman–Crippen LogP) is 3.21. The summed E-state index contributed by atoms with van der Waals surface area (Å²) in [5.41, 5.74) is 1.50. The molecule has 0 unspecified atom stereocenters. The number of fused-ring (bicyclic) bond motifs is 1. The number of methoxy groups -OCH3 is 1. The number of imide groups is 1. The molecular formula is C22H18N2O5.